The van der Waals surface area contributed by atoms with Crippen LogP contribution in [0.15, 0.2) is 27.8 Å². The first-order valence-corrected chi connectivity index (χ1v) is 9.34. The summed E-state index contributed by atoms with van der Waals surface area (Å²) in [6.45, 7) is 7.27. The molecule has 0 bridgehead atoms. The molecule has 0 aliphatic carbocycles. The highest BCUT2D eigenvalue weighted by Gasteiger charge is 2.26. The molecule has 0 N–H and O–H groups in total. The second kappa shape index (κ2) is 7.68. The number of aromatic nitrogens is 1. The van der Waals surface area contributed by atoms with Crippen LogP contribution in [-0.2, 0) is 4.74 Å². The lowest BCUT2D eigenvalue weighted by atomic mass is 9.99. The Hall–Kier alpha value is -0.750. The van der Waals surface area contributed by atoms with Crippen molar-refractivity contribution in [1.29, 1.82) is 0 Å². The van der Waals surface area contributed by atoms with Crippen molar-refractivity contribution in [2.45, 2.75) is 44.2 Å². The number of pyridine rings is 1. The van der Waals surface area contributed by atoms with Gasteiger partial charge in [-0.1, -0.05) is 6.07 Å². The lowest BCUT2D eigenvalue weighted by molar-refractivity contribution is 0.0191. The Morgan fingerprint density at radius 2 is 2.09 bits per heavy atom. The summed E-state index contributed by atoms with van der Waals surface area (Å²) >= 11 is 5.18. The molecule has 1 aliphatic heterocycles. The Balaban J connectivity index is 1.74. The van der Waals surface area contributed by atoms with Crippen LogP contribution in [0.4, 0.5) is 4.79 Å². The highest BCUT2D eigenvalue weighted by molar-refractivity contribution is 9.10. The van der Waals surface area contributed by atoms with Gasteiger partial charge in [0.2, 0.25) is 0 Å². The average molecular weight is 387 g/mol. The highest BCUT2D eigenvalue weighted by atomic mass is 79.9. The molecule has 122 valence electrons. The van der Waals surface area contributed by atoms with E-state index in [4.69, 9.17) is 4.74 Å². The zero-order chi connectivity index (χ0) is 16.2. The fourth-order valence-electron chi connectivity index (χ4n) is 2.28. The van der Waals surface area contributed by atoms with Gasteiger partial charge in [0, 0.05) is 18.8 Å². The van der Waals surface area contributed by atoms with Gasteiger partial charge in [0.1, 0.15) is 10.2 Å². The van der Waals surface area contributed by atoms with Crippen molar-refractivity contribution in [2.75, 3.05) is 18.8 Å². The first-order valence-electron chi connectivity index (χ1n) is 7.57. The number of rotatable bonds is 3. The topological polar surface area (TPSA) is 42.4 Å². The van der Waals surface area contributed by atoms with Crippen molar-refractivity contribution < 1.29 is 9.53 Å². The molecule has 0 unspecified atom stereocenters. The van der Waals surface area contributed by atoms with Crippen LogP contribution in [0, 0.1) is 5.92 Å². The lowest BCUT2D eigenvalue weighted by Gasteiger charge is -2.33. The monoisotopic (exact) mass is 386 g/mol. The molecule has 6 heteroatoms. The van der Waals surface area contributed by atoms with E-state index >= 15 is 0 Å². The molecule has 1 saturated heterocycles. The normalized spacial score (nSPS) is 16.6. The third-order valence-corrected chi connectivity index (χ3v) is 5.03. The summed E-state index contributed by atoms with van der Waals surface area (Å²) in [5.41, 5.74) is -0.420. The minimum absolute atomic E-state index is 0.188. The molecule has 2 heterocycles. The summed E-state index contributed by atoms with van der Waals surface area (Å²) in [6.07, 6.45) is 1.87. The van der Waals surface area contributed by atoms with Crippen LogP contribution in [0.25, 0.3) is 0 Å². The molecule has 2 rings (SSSR count). The van der Waals surface area contributed by atoms with Crippen molar-refractivity contribution in [1.82, 2.24) is 9.88 Å². The molecule has 1 aliphatic rings. The SMILES string of the molecule is CC(C)(C)OC(=O)N1CCC(CSc2cccc(Br)n2)CC1. The summed E-state index contributed by atoms with van der Waals surface area (Å²) in [4.78, 5) is 18.3. The molecule has 4 nitrogen and oxygen atoms in total. The smallest absolute Gasteiger partial charge is 0.410 e. The standard InChI is InChI=1S/C16H23BrN2O2S/c1-16(2,3)21-15(20)19-9-7-12(8-10-19)11-22-14-6-4-5-13(17)18-14/h4-6,12H,7-11H2,1-3H3. The predicted octanol–water partition coefficient (Wildman–Crippen LogP) is 4.58. The third kappa shape index (κ3) is 5.80. The maximum atomic E-state index is 12.0. The van der Waals surface area contributed by atoms with E-state index in [1.54, 1.807) is 11.8 Å². The second-order valence-electron chi connectivity index (χ2n) is 6.52. The maximum Gasteiger partial charge on any atom is 0.410 e. The summed E-state index contributed by atoms with van der Waals surface area (Å²) in [6, 6.07) is 5.97. The molecular formula is C16H23BrN2O2S. The van der Waals surface area contributed by atoms with Crippen LogP contribution in [0.1, 0.15) is 33.6 Å². The van der Waals surface area contributed by atoms with E-state index in [0.717, 1.165) is 41.3 Å². The number of halogens is 1. The Labute approximate surface area is 145 Å². The van der Waals surface area contributed by atoms with E-state index in [1.807, 2.05) is 43.9 Å². The number of carbonyl (C=O) groups excluding carboxylic acids is 1. The number of piperidine rings is 1. The van der Waals surface area contributed by atoms with Crippen LogP contribution in [0.2, 0.25) is 0 Å². The second-order valence-corrected chi connectivity index (χ2v) is 8.37. The molecular weight excluding hydrogens is 364 g/mol. The molecule has 1 aromatic heterocycles. The molecule has 0 aromatic carbocycles. The van der Waals surface area contributed by atoms with Gasteiger partial charge in [-0.15, -0.1) is 11.8 Å². The van der Waals surface area contributed by atoms with Crippen LogP contribution in [-0.4, -0.2) is 40.4 Å². The number of ether oxygens (including phenoxy) is 1. The zero-order valence-electron chi connectivity index (χ0n) is 13.3. The Morgan fingerprint density at radius 3 is 2.68 bits per heavy atom. The molecule has 0 saturated carbocycles. The van der Waals surface area contributed by atoms with Crippen LogP contribution in [0.5, 0.6) is 0 Å². The van der Waals surface area contributed by atoms with E-state index < -0.39 is 5.60 Å². The quantitative estimate of drug-likeness (QED) is 0.562. The Morgan fingerprint density at radius 1 is 1.41 bits per heavy atom. The van der Waals surface area contributed by atoms with Crippen molar-refractivity contribution in [3.05, 3.63) is 22.8 Å². The van der Waals surface area contributed by atoms with Crippen molar-refractivity contribution in [3.63, 3.8) is 0 Å². The van der Waals surface area contributed by atoms with Gasteiger partial charge >= 0.3 is 6.09 Å². The molecule has 0 radical (unpaired) electrons. The number of carbonyl (C=O) groups is 1. The van der Waals surface area contributed by atoms with E-state index in [9.17, 15) is 4.79 Å². The number of amides is 1. The van der Waals surface area contributed by atoms with Gasteiger partial charge in [-0.2, -0.15) is 0 Å². The Bertz CT molecular complexity index is 511. The average Bonchev–Trinajstić information content (AvgIpc) is 2.44. The minimum atomic E-state index is -0.420. The van der Waals surface area contributed by atoms with E-state index in [0.29, 0.717) is 5.92 Å². The largest absolute Gasteiger partial charge is 0.444 e. The summed E-state index contributed by atoms with van der Waals surface area (Å²) in [5.74, 6) is 1.68. The van der Waals surface area contributed by atoms with Gasteiger partial charge in [-0.25, -0.2) is 9.78 Å². The minimum Gasteiger partial charge on any atom is -0.444 e. The van der Waals surface area contributed by atoms with Crippen LogP contribution in [0.3, 0.4) is 0 Å². The highest BCUT2D eigenvalue weighted by Crippen LogP contribution is 2.26. The number of thioether (sulfide) groups is 1. The van der Waals surface area contributed by atoms with Gasteiger partial charge in [0.15, 0.2) is 0 Å². The first-order chi connectivity index (χ1) is 10.3. The van der Waals surface area contributed by atoms with Crippen molar-refractivity contribution >= 4 is 33.8 Å². The van der Waals surface area contributed by atoms with Gasteiger partial charge in [0.25, 0.3) is 0 Å². The molecule has 1 fully saturated rings. The fraction of sp³-hybridized carbons (Fsp3) is 0.625. The summed E-state index contributed by atoms with van der Waals surface area (Å²) in [5, 5.41) is 1.05. The molecule has 22 heavy (non-hydrogen) atoms. The van der Waals surface area contributed by atoms with Crippen molar-refractivity contribution in [3.8, 4) is 0 Å². The zero-order valence-corrected chi connectivity index (χ0v) is 15.7. The van der Waals surface area contributed by atoms with Crippen molar-refractivity contribution in [2.24, 2.45) is 5.92 Å². The predicted molar refractivity (Wildman–Crippen MR) is 93.2 cm³/mol. The van der Waals surface area contributed by atoms with Gasteiger partial charge in [0.05, 0.1) is 5.03 Å². The van der Waals surface area contributed by atoms with Gasteiger partial charge in [-0.3, -0.25) is 0 Å². The summed E-state index contributed by atoms with van der Waals surface area (Å²) in [7, 11) is 0. The first kappa shape index (κ1) is 17.6. The number of likely N-dealkylation sites (tertiary alicyclic amines) is 1. The fourth-order valence-corrected chi connectivity index (χ4v) is 3.82. The molecule has 0 atom stereocenters. The van der Waals surface area contributed by atoms with E-state index in [-0.39, 0.29) is 6.09 Å². The maximum absolute atomic E-state index is 12.0. The van der Waals surface area contributed by atoms with E-state index in [2.05, 4.69) is 20.9 Å². The van der Waals surface area contributed by atoms with Gasteiger partial charge < -0.3 is 9.64 Å². The third-order valence-electron chi connectivity index (χ3n) is 3.42. The van der Waals surface area contributed by atoms with Gasteiger partial charge in [-0.05, 0) is 67.6 Å². The lowest BCUT2D eigenvalue weighted by Crippen LogP contribution is -2.42. The Kier molecular flexibility index (Phi) is 6.15. The number of hydrogen-bond donors (Lipinski definition) is 0. The van der Waals surface area contributed by atoms with Crippen LogP contribution < -0.4 is 0 Å². The molecule has 1 amide bonds. The number of nitrogens with zero attached hydrogens (tertiary/aromatic N) is 2. The van der Waals surface area contributed by atoms with E-state index in [1.165, 1.54) is 0 Å². The molecule has 0 spiro atoms. The molecule has 1 aromatic rings. The van der Waals surface area contributed by atoms with Crippen LogP contribution >= 0.6 is 27.7 Å². The summed E-state index contributed by atoms with van der Waals surface area (Å²) < 4.78 is 6.29. The number of hydrogen-bond acceptors (Lipinski definition) is 4.